The first kappa shape index (κ1) is 12.5. The van der Waals surface area contributed by atoms with Crippen LogP contribution in [0.3, 0.4) is 0 Å². The van der Waals surface area contributed by atoms with Gasteiger partial charge < -0.3 is 10.3 Å². The molecule has 0 atom stereocenters. The van der Waals surface area contributed by atoms with Gasteiger partial charge in [-0.05, 0) is 19.8 Å². The van der Waals surface area contributed by atoms with Crippen molar-refractivity contribution in [2.45, 2.75) is 26.2 Å². The predicted molar refractivity (Wildman–Crippen MR) is 68.2 cm³/mol. The number of rotatable bonds is 4. The average Bonchev–Trinajstić information content (AvgIpc) is 2.80. The van der Waals surface area contributed by atoms with Crippen LogP contribution in [-0.2, 0) is 11.2 Å². The van der Waals surface area contributed by atoms with Crippen molar-refractivity contribution in [2.24, 2.45) is 5.92 Å². The summed E-state index contributed by atoms with van der Waals surface area (Å²) in [7, 11) is 0. The zero-order valence-corrected chi connectivity index (χ0v) is 10.4. The van der Waals surface area contributed by atoms with E-state index in [9.17, 15) is 9.59 Å². The standard InChI is InChI=1S/C13H17N3O2/c1-9-8-12(17)16-11(15-9)6-7-14-13(18)10-4-2-3-5-10/h2-3,8,10H,4-7H2,1H3,(H,14,18)(H,15,16,17). The summed E-state index contributed by atoms with van der Waals surface area (Å²) in [5.74, 6) is 0.773. The summed E-state index contributed by atoms with van der Waals surface area (Å²) in [5, 5.41) is 2.87. The Hall–Kier alpha value is -1.91. The summed E-state index contributed by atoms with van der Waals surface area (Å²) in [4.78, 5) is 29.8. The van der Waals surface area contributed by atoms with Crippen LogP contribution in [0.15, 0.2) is 23.0 Å². The van der Waals surface area contributed by atoms with Crippen LogP contribution in [-0.4, -0.2) is 22.4 Å². The van der Waals surface area contributed by atoms with Gasteiger partial charge >= 0.3 is 0 Å². The van der Waals surface area contributed by atoms with Gasteiger partial charge in [0.05, 0.1) is 0 Å². The third-order valence-electron chi connectivity index (χ3n) is 2.96. The van der Waals surface area contributed by atoms with E-state index in [1.54, 1.807) is 6.92 Å². The van der Waals surface area contributed by atoms with Gasteiger partial charge in [-0.1, -0.05) is 12.2 Å². The van der Waals surface area contributed by atoms with Gasteiger partial charge in [-0.25, -0.2) is 4.98 Å². The molecule has 5 nitrogen and oxygen atoms in total. The molecule has 1 amide bonds. The van der Waals surface area contributed by atoms with E-state index in [0.717, 1.165) is 12.8 Å². The molecule has 0 aliphatic heterocycles. The number of aromatic amines is 1. The van der Waals surface area contributed by atoms with Crippen molar-refractivity contribution in [1.29, 1.82) is 0 Å². The fraction of sp³-hybridized carbons (Fsp3) is 0.462. The predicted octanol–water partition coefficient (Wildman–Crippen LogP) is 0.703. The molecule has 18 heavy (non-hydrogen) atoms. The van der Waals surface area contributed by atoms with Crippen molar-refractivity contribution in [3.05, 3.63) is 40.1 Å². The number of H-pyrrole nitrogens is 1. The Balaban J connectivity index is 1.81. The minimum atomic E-state index is -0.149. The van der Waals surface area contributed by atoms with Crippen molar-refractivity contribution in [2.75, 3.05) is 6.54 Å². The van der Waals surface area contributed by atoms with E-state index in [1.807, 2.05) is 12.2 Å². The second-order valence-electron chi connectivity index (χ2n) is 4.51. The Morgan fingerprint density at radius 2 is 2.22 bits per heavy atom. The molecule has 1 aromatic heterocycles. The van der Waals surface area contributed by atoms with Crippen LogP contribution in [0, 0.1) is 12.8 Å². The van der Waals surface area contributed by atoms with Gasteiger partial charge in [-0.2, -0.15) is 0 Å². The van der Waals surface area contributed by atoms with Crippen LogP contribution in [0.25, 0.3) is 0 Å². The van der Waals surface area contributed by atoms with E-state index < -0.39 is 0 Å². The van der Waals surface area contributed by atoms with Gasteiger partial charge in [0.15, 0.2) is 0 Å². The second-order valence-corrected chi connectivity index (χ2v) is 4.51. The molecule has 96 valence electrons. The molecule has 0 bridgehead atoms. The first-order valence-electron chi connectivity index (χ1n) is 6.14. The summed E-state index contributed by atoms with van der Waals surface area (Å²) >= 11 is 0. The van der Waals surface area contributed by atoms with E-state index >= 15 is 0 Å². The Labute approximate surface area is 105 Å². The largest absolute Gasteiger partial charge is 0.355 e. The first-order valence-corrected chi connectivity index (χ1v) is 6.14. The van der Waals surface area contributed by atoms with Crippen molar-refractivity contribution in [1.82, 2.24) is 15.3 Å². The van der Waals surface area contributed by atoms with Crippen molar-refractivity contribution in [3.8, 4) is 0 Å². The number of aromatic nitrogens is 2. The maximum Gasteiger partial charge on any atom is 0.251 e. The van der Waals surface area contributed by atoms with Crippen molar-refractivity contribution in [3.63, 3.8) is 0 Å². The SMILES string of the molecule is Cc1cc(=O)[nH]c(CCNC(=O)C2CC=CC2)n1. The minimum Gasteiger partial charge on any atom is -0.355 e. The van der Waals surface area contributed by atoms with E-state index in [4.69, 9.17) is 0 Å². The zero-order chi connectivity index (χ0) is 13.0. The third-order valence-corrected chi connectivity index (χ3v) is 2.96. The lowest BCUT2D eigenvalue weighted by molar-refractivity contribution is -0.124. The molecule has 5 heteroatoms. The summed E-state index contributed by atoms with van der Waals surface area (Å²) in [6.45, 7) is 2.28. The molecule has 0 saturated carbocycles. The molecular weight excluding hydrogens is 230 g/mol. The molecule has 0 fully saturated rings. The number of nitrogens with zero attached hydrogens (tertiary/aromatic N) is 1. The maximum absolute atomic E-state index is 11.7. The van der Waals surface area contributed by atoms with Crippen LogP contribution in [0.2, 0.25) is 0 Å². The highest BCUT2D eigenvalue weighted by molar-refractivity contribution is 5.79. The number of amides is 1. The monoisotopic (exact) mass is 247 g/mol. The van der Waals surface area contributed by atoms with E-state index in [1.165, 1.54) is 6.07 Å². The normalized spacial score (nSPS) is 14.9. The molecule has 0 radical (unpaired) electrons. The van der Waals surface area contributed by atoms with E-state index in [0.29, 0.717) is 24.5 Å². The van der Waals surface area contributed by atoms with Crippen molar-refractivity contribution < 1.29 is 4.79 Å². The van der Waals surface area contributed by atoms with Crippen LogP contribution >= 0.6 is 0 Å². The highest BCUT2D eigenvalue weighted by atomic mass is 16.2. The van der Waals surface area contributed by atoms with Gasteiger partial charge in [0.2, 0.25) is 5.91 Å². The zero-order valence-electron chi connectivity index (χ0n) is 10.4. The second kappa shape index (κ2) is 5.62. The van der Waals surface area contributed by atoms with Crippen LogP contribution in [0.5, 0.6) is 0 Å². The van der Waals surface area contributed by atoms with Crippen LogP contribution in [0.4, 0.5) is 0 Å². The summed E-state index contributed by atoms with van der Waals surface area (Å²) in [5.41, 5.74) is 0.545. The van der Waals surface area contributed by atoms with E-state index in [-0.39, 0.29) is 17.4 Å². The summed E-state index contributed by atoms with van der Waals surface area (Å²) < 4.78 is 0. The number of hydrogen-bond acceptors (Lipinski definition) is 3. The molecule has 1 heterocycles. The minimum absolute atomic E-state index is 0.0783. The molecule has 0 aromatic carbocycles. The number of hydrogen-bond donors (Lipinski definition) is 2. The molecular formula is C13H17N3O2. The summed E-state index contributed by atoms with van der Waals surface area (Å²) in [6.07, 6.45) is 6.26. The number of nitrogens with one attached hydrogen (secondary N) is 2. The third kappa shape index (κ3) is 3.29. The molecule has 1 aromatic rings. The van der Waals surface area contributed by atoms with Crippen LogP contribution in [0.1, 0.15) is 24.4 Å². The molecule has 1 aliphatic carbocycles. The van der Waals surface area contributed by atoms with Crippen molar-refractivity contribution >= 4 is 5.91 Å². The molecule has 1 aliphatic rings. The molecule has 2 rings (SSSR count). The molecule has 2 N–H and O–H groups in total. The Morgan fingerprint density at radius 1 is 1.50 bits per heavy atom. The molecule has 0 saturated heterocycles. The Bertz CT molecular complexity index is 511. The average molecular weight is 247 g/mol. The summed E-state index contributed by atoms with van der Waals surface area (Å²) in [6, 6.07) is 1.45. The van der Waals surface area contributed by atoms with Gasteiger partial charge in [0.1, 0.15) is 5.82 Å². The van der Waals surface area contributed by atoms with Gasteiger partial charge in [0, 0.05) is 30.6 Å². The van der Waals surface area contributed by atoms with Crippen LogP contribution < -0.4 is 10.9 Å². The lowest BCUT2D eigenvalue weighted by Gasteiger charge is -2.10. The number of carbonyl (C=O) groups is 1. The highest BCUT2D eigenvalue weighted by Crippen LogP contribution is 2.17. The fourth-order valence-corrected chi connectivity index (χ4v) is 2.04. The quantitative estimate of drug-likeness (QED) is 0.769. The molecule has 0 spiro atoms. The van der Waals surface area contributed by atoms with E-state index in [2.05, 4.69) is 15.3 Å². The molecule has 0 unspecified atom stereocenters. The fourth-order valence-electron chi connectivity index (χ4n) is 2.04. The first-order chi connectivity index (χ1) is 8.65. The topological polar surface area (TPSA) is 74.8 Å². The Morgan fingerprint density at radius 3 is 2.89 bits per heavy atom. The Kier molecular flexibility index (Phi) is 3.92. The van der Waals surface area contributed by atoms with Gasteiger partial charge in [-0.3, -0.25) is 9.59 Å². The van der Waals surface area contributed by atoms with Gasteiger partial charge in [-0.15, -0.1) is 0 Å². The van der Waals surface area contributed by atoms with Gasteiger partial charge in [0.25, 0.3) is 5.56 Å². The lowest BCUT2D eigenvalue weighted by atomic mass is 10.1. The highest BCUT2D eigenvalue weighted by Gasteiger charge is 2.18. The number of aryl methyl sites for hydroxylation is 1. The maximum atomic E-state index is 11.7. The number of carbonyl (C=O) groups excluding carboxylic acids is 1. The lowest BCUT2D eigenvalue weighted by Crippen LogP contribution is -2.31. The smallest absolute Gasteiger partial charge is 0.251 e. The number of allylic oxidation sites excluding steroid dienone is 2.